The first kappa shape index (κ1) is 15.2. The third kappa shape index (κ3) is 3.37. The number of rotatable bonds is 4. The van der Waals surface area contributed by atoms with Crippen LogP contribution in [0.4, 0.5) is 8.78 Å². The average molecular weight is 300 g/mol. The van der Waals surface area contributed by atoms with Gasteiger partial charge in [0.15, 0.2) is 0 Å². The molecule has 1 aliphatic carbocycles. The van der Waals surface area contributed by atoms with Gasteiger partial charge in [0.05, 0.1) is 0 Å². The fraction of sp³-hybridized carbons (Fsp3) is 0.400. The van der Waals surface area contributed by atoms with Gasteiger partial charge in [-0.2, -0.15) is 0 Å². The topological polar surface area (TPSA) is 0 Å². The first-order valence-corrected chi connectivity index (χ1v) is 8.20. The molecule has 0 N–H and O–H groups in total. The maximum absolute atomic E-state index is 14.0. The number of halogens is 2. The van der Waals surface area contributed by atoms with Crippen molar-refractivity contribution in [1.29, 1.82) is 0 Å². The van der Waals surface area contributed by atoms with E-state index in [0.717, 1.165) is 55.2 Å². The molecule has 0 saturated heterocycles. The summed E-state index contributed by atoms with van der Waals surface area (Å²) in [5.74, 6) is 0.358. The Kier molecular flexibility index (Phi) is 4.56. The van der Waals surface area contributed by atoms with Gasteiger partial charge < -0.3 is 0 Å². The van der Waals surface area contributed by atoms with Crippen LogP contribution in [-0.2, 0) is 25.7 Å². The molecule has 22 heavy (non-hydrogen) atoms. The lowest BCUT2D eigenvalue weighted by atomic mass is 9.81. The molecular weight excluding hydrogens is 278 g/mol. The van der Waals surface area contributed by atoms with Gasteiger partial charge in [-0.1, -0.05) is 25.1 Å². The highest BCUT2D eigenvalue weighted by molar-refractivity contribution is 5.30. The lowest BCUT2D eigenvalue weighted by Crippen LogP contribution is -2.15. The average Bonchev–Trinajstić information content (AvgIpc) is 2.53. The van der Waals surface area contributed by atoms with Crippen LogP contribution >= 0.6 is 0 Å². The van der Waals surface area contributed by atoms with Crippen molar-refractivity contribution in [3.05, 3.63) is 70.3 Å². The summed E-state index contributed by atoms with van der Waals surface area (Å²) in [6, 6.07) is 10.7. The Morgan fingerprint density at radius 3 is 2.68 bits per heavy atom. The molecule has 0 bridgehead atoms. The second kappa shape index (κ2) is 6.60. The van der Waals surface area contributed by atoms with Crippen molar-refractivity contribution >= 4 is 0 Å². The van der Waals surface area contributed by atoms with E-state index in [1.165, 1.54) is 5.56 Å². The van der Waals surface area contributed by atoms with Crippen LogP contribution in [0.5, 0.6) is 0 Å². The lowest BCUT2D eigenvalue weighted by Gasteiger charge is -2.24. The molecule has 1 unspecified atom stereocenters. The number of benzene rings is 2. The Hall–Kier alpha value is -1.70. The van der Waals surface area contributed by atoms with Crippen LogP contribution in [0.2, 0.25) is 0 Å². The highest BCUT2D eigenvalue weighted by atomic mass is 19.1. The second-order valence-electron chi connectivity index (χ2n) is 6.34. The van der Waals surface area contributed by atoms with E-state index < -0.39 is 0 Å². The van der Waals surface area contributed by atoms with Gasteiger partial charge in [-0.15, -0.1) is 0 Å². The summed E-state index contributed by atoms with van der Waals surface area (Å²) >= 11 is 0. The zero-order chi connectivity index (χ0) is 15.5. The van der Waals surface area contributed by atoms with E-state index in [-0.39, 0.29) is 11.6 Å². The fourth-order valence-corrected chi connectivity index (χ4v) is 3.42. The Balaban J connectivity index is 1.62. The van der Waals surface area contributed by atoms with E-state index in [2.05, 4.69) is 0 Å². The third-order valence-electron chi connectivity index (χ3n) is 4.85. The molecular formula is C20H22F2. The van der Waals surface area contributed by atoms with Crippen molar-refractivity contribution in [3.8, 4) is 0 Å². The van der Waals surface area contributed by atoms with E-state index >= 15 is 0 Å². The molecule has 3 rings (SSSR count). The van der Waals surface area contributed by atoms with Crippen LogP contribution in [-0.4, -0.2) is 0 Å². The molecule has 2 aromatic carbocycles. The first-order valence-electron chi connectivity index (χ1n) is 8.20. The van der Waals surface area contributed by atoms with Crippen LogP contribution in [0.1, 0.15) is 42.0 Å². The predicted octanol–water partition coefficient (Wildman–Crippen LogP) is 5.26. The van der Waals surface area contributed by atoms with Gasteiger partial charge in [0.25, 0.3) is 0 Å². The van der Waals surface area contributed by atoms with Crippen molar-refractivity contribution in [3.63, 3.8) is 0 Å². The van der Waals surface area contributed by atoms with Crippen LogP contribution in [0, 0.1) is 17.6 Å². The van der Waals surface area contributed by atoms with Crippen molar-refractivity contribution in [2.75, 3.05) is 0 Å². The lowest BCUT2D eigenvalue weighted by molar-refractivity contribution is 0.422. The summed E-state index contributed by atoms with van der Waals surface area (Å²) in [5.41, 5.74) is 4.28. The smallest absolute Gasteiger partial charge is 0.126 e. The maximum atomic E-state index is 14.0. The van der Waals surface area contributed by atoms with E-state index in [4.69, 9.17) is 0 Å². The first-order chi connectivity index (χ1) is 10.7. The molecule has 1 aliphatic rings. The van der Waals surface area contributed by atoms with Crippen LogP contribution in [0.3, 0.4) is 0 Å². The predicted molar refractivity (Wildman–Crippen MR) is 86.0 cm³/mol. The molecule has 0 heterocycles. The summed E-state index contributed by atoms with van der Waals surface area (Å²) in [6.45, 7) is 2.04. The van der Waals surface area contributed by atoms with E-state index in [0.29, 0.717) is 5.92 Å². The molecule has 0 fully saturated rings. The minimum Gasteiger partial charge on any atom is -0.207 e. The van der Waals surface area contributed by atoms with Crippen molar-refractivity contribution in [2.45, 2.75) is 45.4 Å². The highest BCUT2D eigenvalue weighted by Crippen LogP contribution is 2.29. The Labute approximate surface area is 131 Å². The standard InChI is InChI=1S/C20H22F2/c1-2-14-3-6-16(20(22)12-14)7-4-15-5-8-18-13-19(21)10-9-17(18)11-15/h3,6,9-10,12-13,15H,2,4-5,7-8,11H2,1H3. The Morgan fingerprint density at radius 2 is 1.91 bits per heavy atom. The SMILES string of the molecule is CCc1ccc(CCC2CCc3cc(F)ccc3C2)c(F)c1. The van der Waals surface area contributed by atoms with E-state index in [1.807, 2.05) is 25.1 Å². The normalized spacial score (nSPS) is 17.3. The summed E-state index contributed by atoms with van der Waals surface area (Å²) < 4.78 is 27.3. The van der Waals surface area contributed by atoms with Gasteiger partial charge in [-0.25, -0.2) is 8.78 Å². The molecule has 1 atom stereocenters. The molecule has 0 aromatic heterocycles. The van der Waals surface area contributed by atoms with Crippen molar-refractivity contribution in [1.82, 2.24) is 0 Å². The van der Waals surface area contributed by atoms with Gasteiger partial charge in [0, 0.05) is 0 Å². The molecule has 2 heteroatoms. The Bertz CT molecular complexity index is 661. The zero-order valence-corrected chi connectivity index (χ0v) is 13.0. The molecule has 0 radical (unpaired) electrons. The summed E-state index contributed by atoms with van der Waals surface area (Å²) in [6.07, 6.45) is 5.66. The largest absolute Gasteiger partial charge is 0.207 e. The van der Waals surface area contributed by atoms with Gasteiger partial charge in [0.2, 0.25) is 0 Å². The van der Waals surface area contributed by atoms with Crippen LogP contribution in [0.15, 0.2) is 36.4 Å². The minimum absolute atomic E-state index is 0.0716. The van der Waals surface area contributed by atoms with Gasteiger partial charge in [0.1, 0.15) is 11.6 Å². The molecule has 0 nitrogen and oxygen atoms in total. The van der Waals surface area contributed by atoms with Gasteiger partial charge >= 0.3 is 0 Å². The second-order valence-corrected chi connectivity index (χ2v) is 6.34. The molecule has 0 aliphatic heterocycles. The Morgan fingerprint density at radius 1 is 1.05 bits per heavy atom. The molecule has 0 saturated carbocycles. The van der Waals surface area contributed by atoms with Crippen molar-refractivity contribution < 1.29 is 8.78 Å². The van der Waals surface area contributed by atoms with Crippen molar-refractivity contribution in [2.24, 2.45) is 5.92 Å². The number of hydrogen-bond acceptors (Lipinski definition) is 0. The van der Waals surface area contributed by atoms with Gasteiger partial charge in [-0.3, -0.25) is 0 Å². The third-order valence-corrected chi connectivity index (χ3v) is 4.85. The molecule has 0 amide bonds. The summed E-state index contributed by atoms with van der Waals surface area (Å²) in [7, 11) is 0. The summed E-state index contributed by atoms with van der Waals surface area (Å²) in [5, 5.41) is 0. The monoisotopic (exact) mass is 300 g/mol. The van der Waals surface area contributed by atoms with E-state index in [1.54, 1.807) is 18.2 Å². The molecule has 116 valence electrons. The maximum Gasteiger partial charge on any atom is 0.126 e. The molecule has 0 spiro atoms. The quantitative estimate of drug-likeness (QED) is 0.722. The van der Waals surface area contributed by atoms with E-state index in [9.17, 15) is 8.78 Å². The fourth-order valence-electron chi connectivity index (χ4n) is 3.42. The number of fused-ring (bicyclic) bond motifs is 1. The number of hydrogen-bond donors (Lipinski definition) is 0. The summed E-state index contributed by atoms with van der Waals surface area (Å²) in [4.78, 5) is 0. The molecule has 2 aromatic rings. The van der Waals surface area contributed by atoms with Gasteiger partial charge in [-0.05, 0) is 84.9 Å². The highest BCUT2D eigenvalue weighted by Gasteiger charge is 2.19. The van der Waals surface area contributed by atoms with Crippen LogP contribution < -0.4 is 0 Å². The minimum atomic E-state index is -0.143. The van der Waals surface area contributed by atoms with Crippen LogP contribution in [0.25, 0.3) is 0 Å². The zero-order valence-electron chi connectivity index (χ0n) is 13.0. The number of aryl methyl sites for hydroxylation is 3.